The maximum absolute atomic E-state index is 13.0. The molecule has 0 saturated heterocycles. The zero-order valence-electron chi connectivity index (χ0n) is 20.5. The minimum Gasteiger partial charge on any atom is -0.301 e. The molecule has 1 heterocycles. The Morgan fingerprint density at radius 3 is 2.21 bits per heavy atom. The van der Waals surface area contributed by atoms with E-state index < -0.39 is 22.0 Å². The summed E-state index contributed by atoms with van der Waals surface area (Å²) in [4.78, 5) is 17.7. The molecule has 0 bridgehead atoms. The lowest BCUT2D eigenvalue weighted by Gasteiger charge is -2.19. The van der Waals surface area contributed by atoms with Crippen LogP contribution in [0.25, 0.3) is 11.3 Å². The molecule has 1 atom stereocenters. The van der Waals surface area contributed by atoms with E-state index in [2.05, 4.69) is 47.9 Å². The molecule has 0 aliphatic rings. The van der Waals surface area contributed by atoms with Crippen LogP contribution < -0.4 is 10.0 Å². The van der Waals surface area contributed by atoms with E-state index in [1.165, 1.54) is 16.9 Å². The predicted octanol–water partition coefficient (Wildman–Crippen LogP) is 5.75. The summed E-state index contributed by atoms with van der Waals surface area (Å²) >= 11 is 1.31. The fourth-order valence-electron chi connectivity index (χ4n) is 3.45. The van der Waals surface area contributed by atoms with Gasteiger partial charge in [0.15, 0.2) is 5.13 Å². The highest BCUT2D eigenvalue weighted by atomic mass is 32.2. The van der Waals surface area contributed by atoms with Crippen LogP contribution in [0.1, 0.15) is 52.2 Å². The summed E-state index contributed by atoms with van der Waals surface area (Å²) in [6.07, 6.45) is 0.365. The Labute approximate surface area is 206 Å². The lowest BCUT2D eigenvalue weighted by Crippen LogP contribution is -2.44. The maximum atomic E-state index is 13.0. The number of anilines is 1. The largest absolute Gasteiger partial charge is 0.301 e. The van der Waals surface area contributed by atoms with Gasteiger partial charge in [-0.15, -0.1) is 11.3 Å². The molecule has 0 aliphatic heterocycles. The quantitative estimate of drug-likeness (QED) is 0.413. The first kappa shape index (κ1) is 26.1. The molecule has 0 saturated carbocycles. The zero-order valence-corrected chi connectivity index (χ0v) is 22.2. The first-order valence-electron chi connectivity index (χ1n) is 11.3. The Morgan fingerprint density at radius 1 is 1.03 bits per heavy atom. The number of thiazole rings is 1. The van der Waals surface area contributed by atoms with Crippen molar-refractivity contribution in [2.75, 3.05) is 5.32 Å². The van der Waals surface area contributed by atoms with Crippen LogP contribution in [0.5, 0.6) is 0 Å². The number of carbonyl (C=O) groups is 1. The van der Waals surface area contributed by atoms with E-state index in [1.54, 1.807) is 24.3 Å². The number of nitrogens with zero attached hydrogens (tertiary/aromatic N) is 1. The molecule has 2 aromatic carbocycles. The standard InChI is InChI=1S/C26H33N3O3S2/c1-17(2)15-22(29-34(31,32)21-13-7-18(3)8-14-21)24(30)28-25-27-23(16-33-25)19-9-11-20(12-10-19)26(4,5)6/h7-14,16-17,22,29H,15H2,1-6H3,(H,27,28,30). The van der Waals surface area contributed by atoms with Crippen molar-refractivity contribution in [2.45, 2.75) is 64.3 Å². The van der Waals surface area contributed by atoms with Gasteiger partial charge in [0.25, 0.3) is 0 Å². The van der Waals surface area contributed by atoms with Crippen LogP contribution in [-0.4, -0.2) is 25.4 Å². The molecule has 0 fully saturated rings. The third-order valence-electron chi connectivity index (χ3n) is 5.43. The number of benzene rings is 2. The topological polar surface area (TPSA) is 88.2 Å². The first-order valence-corrected chi connectivity index (χ1v) is 13.7. The molecule has 8 heteroatoms. The van der Waals surface area contributed by atoms with Gasteiger partial charge in [-0.1, -0.05) is 76.6 Å². The number of sulfonamides is 1. The Kier molecular flexibility index (Phi) is 7.95. The van der Waals surface area contributed by atoms with Crippen molar-refractivity contribution < 1.29 is 13.2 Å². The second-order valence-electron chi connectivity index (χ2n) is 9.97. The minimum absolute atomic E-state index is 0.0666. The van der Waals surface area contributed by atoms with Crippen LogP contribution in [-0.2, 0) is 20.2 Å². The van der Waals surface area contributed by atoms with Gasteiger partial charge in [0, 0.05) is 10.9 Å². The van der Waals surface area contributed by atoms with Gasteiger partial charge in [0.2, 0.25) is 15.9 Å². The molecular formula is C26H33N3O3S2. The summed E-state index contributed by atoms with van der Waals surface area (Å²) in [5.74, 6) is -0.307. The van der Waals surface area contributed by atoms with Gasteiger partial charge in [-0.25, -0.2) is 13.4 Å². The smallest absolute Gasteiger partial charge is 0.244 e. The minimum atomic E-state index is -3.84. The summed E-state index contributed by atoms with van der Waals surface area (Å²) in [5, 5.41) is 5.12. The summed E-state index contributed by atoms with van der Waals surface area (Å²) in [6, 6.07) is 13.9. The lowest BCUT2D eigenvalue weighted by atomic mass is 9.86. The molecule has 34 heavy (non-hydrogen) atoms. The Bertz CT molecular complexity index is 1220. The number of carbonyl (C=O) groups excluding carboxylic acids is 1. The number of amides is 1. The second-order valence-corrected chi connectivity index (χ2v) is 12.5. The SMILES string of the molecule is Cc1ccc(S(=O)(=O)NC(CC(C)C)C(=O)Nc2nc(-c3ccc(C(C)(C)C)cc3)cs2)cc1. The van der Waals surface area contributed by atoms with E-state index in [0.29, 0.717) is 11.6 Å². The lowest BCUT2D eigenvalue weighted by molar-refractivity contribution is -0.118. The summed E-state index contributed by atoms with van der Waals surface area (Å²) in [5.41, 5.74) is 3.99. The van der Waals surface area contributed by atoms with Crippen LogP contribution in [0.2, 0.25) is 0 Å². The van der Waals surface area contributed by atoms with Gasteiger partial charge in [0.05, 0.1) is 10.6 Å². The maximum Gasteiger partial charge on any atom is 0.244 e. The molecule has 6 nitrogen and oxygen atoms in total. The molecular weight excluding hydrogens is 466 g/mol. The van der Waals surface area contributed by atoms with Gasteiger partial charge in [-0.3, -0.25) is 4.79 Å². The van der Waals surface area contributed by atoms with Gasteiger partial charge in [-0.05, 0) is 42.4 Å². The first-order chi connectivity index (χ1) is 15.8. The molecule has 2 N–H and O–H groups in total. The van der Waals surface area contributed by atoms with Crippen molar-refractivity contribution in [2.24, 2.45) is 5.92 Å². The monoisotopic (exact) mass is 499 g/mol. The molecule has 0 aliphatic carbocycles. The highest BCUT2D eigenvalue weighted by Gasteiger charge is 2.27. The van der Waals surface area contributed by atoms with Gasteiger partial charge in [-0.2, -0.15) is 4.72 Å². The van der Waals surface area contributed by atoms with Crippen molar-refractivity contribution in [1.29, 1.82) is 0 Å². The number of rotatable bonds is 8. The molecule has 3 aromatic rings. The number of nitrogens with one attached hydrogen (secondary N) is 2. The van der Waals surface area contributed by atoms with Crippen LogP contribution >= 0.6 is 11.3 Å². The van der Waals surface area contributed by atoms with E-state index in [0.717, 1.165) is 16.8 Å². The predicted molar refractivity (Wildman–Crippen MR) is 140 cm³/mol. The van der Waals surface area contributed by atoms with Crippen molar-refractivity contribution in [1.82, 2.24) is 9.71 Å². The third-order valence-corrected chi connectivity index (χ3v) is 7.68. The number of aryl methyl sites for hydroxylation is 1. The van der Waals surface area contributed by atoms with E-state index in [9.17, 15) is 13.2 Å². The van der Waals surface area contributed by atoms with Gasteiger partial charge < -0.3 is 5.32 Å². The van der Waals surface area contributed by atoms with Crippen molar-refractivity contribution in [3.8, 4) is 11.3 Å². The third kappa shape index (κ3) is 6.74. The molecule has 0 radical (unpaired) electrons. The van der Waals surface area contributed by atoms with E-state index in [4.69, 9.17) is 0 Å². The van der Waals surface area contributed by atoms with Gasteiger partial charge in [0.1, 0.15) is 6.04 Å². The molecule has 1 aromatic heterocycles. The van der Waals surface area contributed by atoms with Crippen LogP contribution in [0.4, 0.5) is 5.13 Å². The average molecular weight is 500 g/mol. The summed E-state index contributed by atoms with van der Waals surface area (Å²) in [6.45, 7) is 12.3. The molecule has 1 unspecified atom stereocenters. The number of aromatic nitrogens is 1. The van der Waals surface area contributed by atoms with Crippen molar-refractivity contribution >= 4 is 32.4 Å². The second kappa shape index (κ2) is 10.4. The van der Waals surface area contributed by atoms with E-state index >= 15 is 0 Å². The summed E-state index contributed by atoms with van der Waals surface area (Å²) in [7, 11) is -3.84. The molecule has 1 amide bonds. The van der Waals surface area contributed by atoms with Crippen LogP contribution in [0.15, 0.2) is 58.8 Å². The fraction of sp³-hybridized carbons (Fsp3) is 0.385. The Hall–Kier alpha value is -2.55. The van der Waals surface area contributed by atoms with Crippen molar-refractivity contribution in [3.05, 3.63) is 65.0 Å². The van der Waals surface area contributed by atoms with Crippen LogP contribution in [0.3, 0.4) is 0 Å². The molecule has 0 spiro atoms. The van der Waals surface area contributed by atoms with Gasteiger partial charge >= 0.3 is 0 Å². The van der Waals surface area contributed by atoms with E-state index in [1.807, 2.05) is 38.3 Å². The Morgan fingerprint density at radius 2 is 1.65 bits per heavy atom. The molecule has 3 rings (SSSR count). The number of hydrogen-bond donors (Lipinski definition) is 2. The highest BCUT2D eigenvalue weighted by molar-refractivity contribution is 7.89. The highest BCUT2D eigenvalue weighted by Crippen LogP contribution is 2.28. The number of hydrogen-bond acceptors (Lipinski definition) is 5. The van der Waals surface area contributed by atoms with Crippen LogP contribution in [0, 0.1) is 12.8 Å². The summed E-state index contributed by atoms with van der Waals surface area (Å²) < 4.78 is 28.3. The average Bonchev–Trinajstić information content (AvgIpc) is 3.21. The fourth-order valence-corrected chi connectivity index (χ4v) is 5.38. The van der Waals surface area contributed by atoms with Crippen molar-refractivity contribution in [3.63, 3.8) is 0 Å². The zero-order chi connectivity index (χ0) is 25.1. The molecule has 182 valence electrons. The Balaban J connectivity index is 1.75. The van der Waals surface area contributed by atoms with E-state index in [-0.39, 0.29) is 16.2 Å². The normalized spacial score (nSPS) is 13.1.